The highest BCUT2D eigenvalue weighted by Crippen LogP contribution is 2.36. The predicted octanol–water partition coefficient (Wildman–Crippen LogP) is 6.03. The average molecular weight is 686 g/mol. The van der Waals surface area contributed by atoms with Crippen molar-refractivity contribution < 1.29 is 50.2 Å². The van der Waals surface area contributed by atoms with Gasteiger partial charge >= 0.3 is 12.5 Å². The highest BCUT2D eigenvalue weighted by molar-refractivity contribution is 9.10. The summed E-state index contributed by atoms with van der Waals surface area (Å²) >= 11 is 3.07. The summed E-state index contributed by atoms with van der Waals surface area (Å²) in [5.74, 6) is -2.02. The number of rotatable bonds is 5. The van der Waals surface area contributed by atoms with Crippen LogP contribution < -0.4 is 14.8 Å². The van der Waals surface area contributed by atoms with Crippen LogP contribution in [0.2, 0.25) is 0 Å². The summed E-state index contributed by atoms with van der Waals surface area (Å²) in [5, 5.41) is 2.68. The van der Waals surface area contributed by atoms with E-state index in [9.17, 15) is 40.7 Å². The number of anilines is 1. The fourth-order valence-electron chi connectivity index (χ4n) is 5.00. The second-order valence-electron chi connectivity index (χ2n) is 10.1. The lowest BCUT2D eigenvalue weighted by molar-refractivity contribution is -0.274. The standard InChI is InChI=1S/C29H22BrF6N3O5/c1-15-8-17(10-18(9-15)28(31,32)33)16-2-4-22-20(11-16)27(42)39-7-6-38(13-23(39)26(41)37-22)25(40)14-43-24-5-3-19(12-21(24)30)44-29(34,35)36/h2-5,8-12,23H,6-7,13-14H2,1H3,(H,37,41). The SMILES string of the molecule is Cc1cc(-c2ccc3c(c2)C(=O)N2CCN(C(=O)COc4ccc(OC(F)(F)F)cc4Br)CC2C(=O)N3)cc(C(F)(F)F)c1. The zero-order chi connectivity index (χ0) is 32.0. The Morgan fingerprint density at radius 3 is 2.41 bits per heavy atom. The molecule has 2 aliphatic rings. The van der Waals surface area contributed by atoms with Gasteiger partial charge in [0, 0.05) is 13.1 Å². The highest BCUT2D eigenvalue weighted by atomic mass is 79.9. The predicted molar refractivity (Wildman–Crippen MR) is 148 cm³/mol. The van der Waals surface area contributed by atoms with Gasteiger partial charge in [0.2, 0.25) is 5.91 Å². The Kier molecular flexibility index (Phi) is 8.27. The third-order valence-electron chi connectivity index (χ3n) is 7.03. The zero-order valence-corrected chi connectivity index (χ0v) is 24.3. The minimum atomic E-state index is -4.88. The van der Waals surface area contributed by atoms with Crippen LogP contribution in [-0.2, 0) is 15.8 Å². The molecule has 44 heavy (non-hydrogen) atoms. The first-order chi connectivity index (χ1) is 20.6. The van der Waals surface area contributed by atoms with Crippen molar-refractivity contribution in [3.8, 4) is 22.6 Å². The van der Waals surface area contributed by atoms with Crippen molar-refractivity contribution in [3.05, 3.63) is 75.8 Å². The van der Waals surface area contributed by atoms with Gasteiger partial charge in [0.15, 0.2) is 6.61 Å². The van der Waals surface area contributed by atoms with Crippen LogP contribution in [0.4, 0.5) is 32.0 Å². The second kappa shape index (κ2) is 11.7. The van der Waals surface area contributed by atoms with Gasteiger partial charge < -0.3 is 24.6 Å². The molecule has 0 aliphatic carbocycles. The minimum Gasteiger partial charge on any atom is -0.483 e. The lowest BCUT2D eigenvalue weighted by atomic mass is 9.97. The number of nitrogens with one attached hydrogen (secondary N) is 1. The molecule has 1 N–H and O–H groups in total. The number of piperazine rings is 1. The number of carbonyl (C=O) groups is 3. The first kappa shape index (κ1) is 31.2. The Hall–Kier alpha value is -4.27. The maximum atomic E-state index is 13.6. The molecular formula is C29H22BrF6N3O5. The number of aryl methyl sites for hydroxylation is 1. The van der Waals surface area contributed by atoms with Crippen molar-refractivity contribution in [1.29, 1.82) is 0 Å². The molecule has 1 saturated heterocycles. The fraction of sp³-hybridized carbons (Fsp3) is 0.276. The third-order valence-corrected chi connectivity index (χ3v) is 7.65. The van der Waals surface area contributed by atoms with Crippen LogP contribution in [0.25, 0.3) is 11.1 Å². The van der Waals surface area contributed by atoms with Gasteiger partial charge in [0.25, 0.3) is 11.8 Å². The molecule has 1 atom stereocenters. The number of ether oxygens (including phenoxy) is 2. The van der Waals surface area contributed by atoms with Crippen LogP contribution in [0.1, 0.15) is 21.5 Å². The molecule has 3 aromatic carbocycles. The van der Waals surface area contributed by atoms with Crippen molar-refractivity contribution in [2.24, 2.45) is 0 Å². The van der Waals surface area contributed by atoms with E-state index in [0.717, 1.165) is 24.3 Å². The third kappa shape index (κ3) is 6.77. The molecule has 0 aromatic heterocycles. The Bertz CT molecular complexity index is 1640. The van der Waals surface area contributed by atoms with Crippen LogP contribution in [-0.4, -0.2) is 66.2 Å². The number of fused-ring (bicyclic) bond motifs is 2. The second-order valence-corrected chi connectivity index (χ2v) is 11.0. The maximum absolute atomic E-state index is 13.6. The van der Waals surface area contributed by atoms with E-state index in [2.05, 4.69) is 26.0 Å². The molecule has 232 valence electrons. The van der Waals surface area contributed by atoms with Crippen molar-refractivity contribution >= 4 is 39.3 Å². The number of carbonyl (C=O) groups excluding carboxylic acids is 3. The zero-order valence-electron chi connectivity index (χ0n) is 22.7. The molecule has 0 radical (unpaired) electrons. The van der Waals surface area contributed by atoms with E-state index in [4.69, 9.17) is 4.74 Å². The largest absolute Gasteiger partial charge is 0.573 e. The van der Waals surface area contributed by atoms with Gasteiger partial charge in [-0.3, -0.25) is 14.4 Å². The first-order valence-corrected chi connectivity index (χ1v) is 13.8. The normalized spacial score (nSPS) is 17.0. The molecule has 0 saturated carbocycles. The van der Waals surface area contributed by atoms with Crippen LogP contribution >= 0.6 is 15.9 Å². The minimum absolute atomic E-state index is 0.0117. The molecule has 2 heterocycles. The molecule has 0 bridgehead atoms. The van der Waals surface area contributed by atoms with Crippen LogP contribution in [0.3, 0.4) is 0 Å². The highest BCUT2D eigenvalue weighted by Gasteiger charge is 2.41. The van der Waals surface area contributed by atoms with E-state index >= 15 is 0 Å². The van der Waals surface area contributed by atoms with Gasteiger partial charge in [-0.2, -0.15) is 13.2 Å². The maximum Gasteiger partial charge on any atom is 0.573 e. The van der Waals surface area contributed by atoms with E-state index in [1.807, 2.05) is 0 Å². The number of halogens is 7. The monoisotopic (exact) mass is 685 g/mol. The van der Waals surface area contributed by atoms with Crippen molar-refractivity contribution in [2.75, 3.05) is 31.6 Å². The molecule has 3 aromatic rings. The summed E-state index contributed by atoms with van der Waals surface area (Å²) in [7, 11) is 0. The summed E-state index contributed by atoms with van der Waals surface area (Å²) in [6.45, 7) is 0.917. The van der Waals surface area contributed by atoms with Crippen molar-refractivity contribution in [1.82, 2.24) is 9.80 Å². The number of nitrogens with zero attached hydrogens (tertiary/aromatic N) is 2. The van der Waals surface area contributed by atoms with Gasteiger partial charge in [-0.15, -0.1) is 13.2 Å². The average Bonchev–Trinajstić information content (AvgIpc) is 3.04. The molecule has 5 rings (SSSR count). The lowest BCUT2D eigenvalue weighted by Gasteiger charge is -2.39. The number of benzene rings is 3. The number of hydrogen-bond donors (Lipinski definition) is 1. The summed E-state index contributed by atoms with van der Waals surface area (Å²) in [5.41, 5.74) is 0.449. The Morgan fingerprint density at radius 2 is 1.73 bits per heavy atom. The molecule has 1 unspecified atom stereocenters. The molecular weight excluding hydrogens is 664 g/mol. The number of alkyl halides is 6. The van der Waals surface area contributed by atoms with Gasteiger partial charge in [-0.1, -0.05) is 12.1 Å². The van der Waals surface area contributed by atoms with Gasteiger partial charge in [-0.05, 0) is 82.0 Å². The Balaban J connectivity index is 1.29. The summed E-state index contributed by atoms with van der Waals surface area (Å²) in [4.78, 5) is 42.3. The molecule has 2 aliphatic heterocycles. The molecule has 1 fully saturated rings. The summed E-state index contributed by atoms with van der Waals surface area (Å²) in [6, 6.07) is 10.2. The smallest absolute Gasteiger partial charge is 0.483 e. The lowest BCUT2D eigenvalue weighted by Crippen LogP contribution is -2.60. The van der Waals surface area contributed by atoms with E-state index in [0.29, 0.717) is 11.1 Å². The fourth-order valence-corrected chi connectivity index (χ4v) is 5.47. The van der Waals surface area contributed by atoms with Crippen molar-refractivity contribution in [3.63, 3.8) is 0 Å². The van der Waals surface area contributed by atoms with Crippen LogP contribution in [0.15, 0.2) is 59.1 Å². The van der Waals surface area contributed by atoms with E-state index < -0.39 is 54.2 Å². The van der Waals surface area contributed by atoms with E-state index in [1.165, 1.54) is 41.0 Å². The molecule has 15 heteroatoms. The molecule has 3 amide bonds. The topological polar surface area (TPSA) is 88.2 Å². The molecule has 8 nitrogen and oxygen atoms in total. The molecule has 0 spiro atoms. The van der Waals surface area contributed by atoms with Gasteiger partial charge in [0.05, 0.1) is 27.8 Å². The number of amides is 3. The van der Waals surface area contributed by atoms with Gasteiger partial charge in [0.1, 0.15) is 17.5 Å². The van der Waals surface area contributed by atoms with Gasteiger partial charge in [-0.25, -0.2) is 0 Å². The van der Waals surface area contributed by atoms with Crippen LogP contribution in [0, 0.1) is 6.92 Å². The Morgan fingerprint density at radius 1 is 0.977 bits per heavy atom. The van der Waals surface area contributed by atoms with E-state index in [-0.39, 0.29) is 46.7 Å². The Labute approximate surface area is 254 Å². The summed E-state index contributed by atoms with van der Waals surface area (Å²) in [6.07, 6.45) is -9.44. The van der Waals surface area contributed by atoms with Crippen molar-refractivity contribution in [2.45, 2.75) is 25.5 Å². The first-order valence-electron chi connectivity index (χ1n) is 13.0. The van der Waals surface area contributed by atoms with E-state index in [1.54, 1.807) is 6.07 Å². The quantitative estimate of drug-likeness (QED) is 0.332. The van der Waals surface area contributed by atoms with Crippen LogP contribution in [0.5, 0.6) is 11.5 Å². The summed E-state index contributed by atoms with van der Waals surface area (Å²) < 4.78 is 87.0. The number of hydrogen-bond acceptors (Lipinski definition) is 5.